The van der Waals surface area contributed by atoms with Crippen molar-refractivity contribution in [1.29, 1.82) is 0 Å². The van der Waals surface area contributed by atoms with Gasteiger partial charge in [-0.3, -0.25) is 9.78 Å². The Kier molecular flexibility index (Phi) is 5.54. The molecule has 1 amide bonds. The third-order valence-corrected chi connectivity index (χ3v) is 2.48. The molecule has 0 spiro atoms. The number of hydrogen-bond acceptors (Lipinski definition) is 5. The van der Waals surface area contributed by atoms with Crippen molar-refractivity contribution in [2.24, 2.45) is 0 Å². The summed E-state index contributed by atoms with van der Waals surface area (Å²) in [6.07, 6.45) is 2.53. The predicted molar refractivity (Wildman–Crippen MR) is 65.5 cm³/mol. The maximum absolute atomic E-state index is 12.0. The van der Waals surface area contributed by atoms with Crippen LogP contribution in [0.15, 0.2) is 18.5 Å². The van der Waals surface area contributed by atoms with E-state index in [-0.39, 0.29) is 11.9 Å². The zero-order valence-corrected chi connectivity index (χ0v) is 11.0. The molecule has 1 atom stereocenters. The minimum atomic E-state index is -0.498. The van der Waals surface area contributed by atoms with Crippen LogP contribution in [-0.4, -0.2) is 44.6 Å². The van der Waals surface area contributed by atoms with Gasteiger partial charge in [-0.1, -0.05) is 0 Å². The lowest BCUT2D eigenvalue weighted by Gasteiger charge is -2.22. The summed E-state index contributed by atoms with van der Waals surface area (Å²) in [4.78, 5) is 15.9. The molecule has 1 aromatic rings. The number of methoxy groups -OCH3 is 3. The molecule has 0 fully saturated rings. The molecule has 0 radical (unpaired) electrons. The fourth-order valence-electron chi connectivity index (χ4n) is 1.59. The quantitative estimate of drug-likeness (QED) is 0.761. The van der Waals surface area contributed by atoms with Gasteiger partial charge in [0.25, 0.3) is 5.91 Å². The molecule has 0 aromatic carbocycles. The van der Waals surface area contributed by atoms with Crippen LogP contribution in [0.4, 0.5) is 0 Å². The van der Waals surface area contributed by atoms with Crippen molar-refractivity contribution < 1.29 is 19.0 Å². The van der Waals surface area contributed by atoms with Crippen LogP contribution in [0.25, 0.3) is 0 Å². The van der Waals surface area contributed by atoms with E-state index in [0.717, 1.165) is 0 Å². The molecule has 0 saturated carbocycles. The van der Waals surface area contributed by atoms with Gasteiger partial charge in [0, 0.05) is 20.4 Å². The van der Waals surface area contributed by atoms with Crippen LogP contribution in [0.1, 0.15) is 17.3 Å². The van der Waals surface area contributed by atoms with E-state index in [9.17, 15) is 4.79 Å². The third kappa shape index (κ3) is 3.41. The van der Waals surface area contributed by atoms with Crippen LogP contribution in [0.2, 0.25) is 0 Å². The number of aromatic nitrogens is 1. The molecule has 0 aliphatic heterocycles. The highest BCUT2D eigenvalue weighted by molar-refractivity contribution is 5.96. The minimum Gasteiger partial charge on any atom is -0.494 e. The Morgan fingerprint density at radius 3 is 2.56 bits per heavy atom. The number of carbonyl (C=O) groups excluding carboxylic acids is 1. The van der Waals surface area contributed by atoms with Gasteiger partial charge in [-0.2, -0.15) is 0 Å². The lowest BCUT2D eigenvalue weighted by Crippen LogP contribution is -2.43. The highest BCUT2D eigenvalue weighted by Crippen LogP contribution is 2.15. The van der Waals surface area contributed by atoms with E-state index in [1.54, 1.807) is 13.0 Å². The molecule has 1 rings (SSSR count). The number of pyridine rings is 1. The number of amides is 1. The Labute approximate surface area is 106 Å². The minimum absolute atomic E-state index is 0.263. The van der Waals surface area contributed by atoms with E-state index in [1.165, 1.54) is 33.7 Å². The van der Waals surface area contributed by atoms with Gasteiger partial charge in [0.15, 0.2) is 6.29 Å². The number of hydrogen-bond donors (Lipinski definition) is 1. The van der Waals surface area contributed by atoms with Gasteiger partial charge in [-0.05, 0) is 13.0 Å². The van der Waals surface area contributed by atoms with Crippen LogP contribution in [-0.2, 0) is 9.47 Å². The van der Waals surface area contributed by atoms with Gasteiger partial charge in [0.05, 0.1) is 24.9 Å². The highest BCUT2D eigenvalue weighted by atomic mass is 16.7. The van der Waals surface area contributed by atoms with Gasteiger partial charge in [-0.15, -0.1) is 0 Å². The van der Waals surface area contributed by atoms with Crippen LogP contribution < -0.4 is 10.1 Å². The summed E-state index contributed by atoms with van der Waals surface area (Å²) in [5.74, 6) is 0.162. The molecule has 100 valence electrons. The molecule has 6 nitrogen and oxygen atoms in total. The van der Waals surface area contributed by atoms with Crippen molar-refractivity contribution in [2.45, 2.75) is 19.3 Å². The molecule has 0 aliphatic rings. The van der Waals surface area contributed by atoms with Gasteiger partial charge in [-0.25, -0.2) is 0 Å². The Morgan fingerprint density at radius 1 is 1.33 bits per heavy atom. The van der Waals surface area contributed by atoms with Gasteiger partial charge < -0.3 is 19.5 Å². The summed E-state index contributed by atoms with van der Waals surface area (Å²) in [5, 5.41) is 2.78. The molecular weight excluding hydrogens is 236 g/mol. The van der Waals surface area contributed by atoms with Crippen molar-refractivity contribution in [3.05, 3.63) is 24.0 Å². The summed E-state index contributed by atoms with van der Waals surface area (Å²) in [6, 6.07) is 1.31. The lowest BCUT2D eigenvalue weighted by molar-refractivity contribution is -0.117. The van der Waals surface area contributed by atoms with Crippen LogP contribution in [0.5, 0.6) is 5.75 Å². The molecule has 18 heavy (non-hydrogen) atoms. The first-order valence-electron chi connectivity index (χ1n) is 5.48. The van der Waals surface area contributed by atoms with E-state index in [0.29, 0.717) is 11.3 Å². The van der Waals surface area contributed by atoms with Crippen LogP contribution in [0.3, 0.4) is 0 Å². The van der Waals surface area contributed by atoms with Gasteiger partial charge in [0.1, 0.15) is 5.75 Å². The number of rotatable bonds is 6. The summed E-state index contributed by atoms with van der Waals surface area (Å²) in [7, 11) is 4.53. The summed E-state index contributed by atoms with van der Waals surface area (Å²) < 4.78 is 15.2. The Bertz CT molecular complexity index is 393. The van der Waals surface area contributed by atoms with Crippen molar-refractivity contribution >= 4 is 5.91 Å². The van der Waals surface area contributed by atoms with Crippen LogP contribution >= 0.6 is 0 Å². The summed E-state index contributed by atoms with van der Waals surface area (Å²) in [6.45, 7) is 1.79. The normalized spacial score (nSPS) is 12.3. The van der Waals surface area contributed by atoms with Crippen molar-refractivity contribution in [3.8, 4) is 5.75 Å². The summed E-state index contributed by atoms with van der Waals surface area (Å²) in [5.41, 5.74) is 0.422. The largest absolute Gasteiger partial charge is 0.494 e. The molecule has 0 bridgehead atoms. The van der Waals surface area contributed by atoms with Crippen molar-refractivity contribution in [3.63, 3.8) is 0 Å². The second kappa shape index (κ2) is 6.93. The maximum Gasteiger partial charge on any atom is 0.255 e. The zero-order chi connectivity index (χ0) is 13.5. The molecule has 0 aliphatic carbocycles. The van der Waals surface area contributed by atoms with Crippen molar-refractivity contribution in [2.75, 3.05) is 21.3 Å². The van der Waals surface area contributed by atoms with E-state index in [1.807, 2.05) is 0 Å². The first-order chi connectivity index (χ1) is 8.63. The standard InChI is InChI=1S/C12H18N2O4/c1-8(12(17-3)18-4)14-11(15)9-5-6-13-7-10(9)16-2/h5-8,12H,1-4H3,(H,14,15). The topological polar surface area (TPSA) is 69.7 Å². The fourth-order valence-corrected chi connectivity index (χ4v) is 1.59. The number of carbonyl (C=O) groups is 1. The Morgan fingerprint density at radius 2 is 2.00 bits per heavy atom. The molecule has 1 aromatic heterocycles. The second-order valence-corrected chi connectivity index (χ2v) is 3.68. The first kappa shape index (κ1) is 14.4. The van der Waals surface area contributed by atoms with Crippen molar-refractivity contribution in [1.82, 2.24) is 10.3 Å². The zero-order valence-electron chi connectivity index (χ0n) is 11.0. The van der Waals surface area contributed by atoms with E-state index >= 15 is 0 Å². The SMILES string of the molecule is COc1cnccc1C(=O)NC(C)C(OC)OC. The highest BCUT2D eigenvalue weighted by Gasteiger charge is 2.20. The smallest absolute Gasteiger partial charge is 0.255 e. The Hall–Kier alpha value is -1.66. The maximum atomic E-state index is 12.0. The predicted octanol–water partition coefficient (Wildman–Crippen LogP) is 0.827. The molecule has 1 N–H and O–H groups in total. The van der Waals surface area contributed by atoms with Gasteiger partial charge in [0.2, 0.25) is 0 Å². The molecular formula is C12H18N2O4. The molecule has 1 unspecified atom stereocenters. The Balaban J connectivity index is 2.76. The van der Waals surface area contributed by atoms with E-state index < -0.39 is 6.29 Å². The number of nitrogens with one attached hydrogen (secondary N) is 1. The fraction of sp³-hybridized carbons (Fsp3) is 0.500. The number of nitrogens with zero attached hydrogens (tertiary/aromatic N) is 1. The van der Waals surface area contributed by atoms with Gasteiger partial charge >= 0.3 is 0 Å². The molecule has 1 heterocycles. The first-order valence-corrected chi connectivity index (χ1v) is 5.48. The van der Waals surface area contributed by atoms with E-state index in [4.69, 9.17) is 14.2 Å². The monoisotopic (exact) mass is 254 g/mol. The third-order valence-electron chi connectivity index (χ3n) is 2.48. The molecule has 6 heteroatoms. The lowest BCUT2D eigenvalue weighted by atomic mass is 10.2. The van der Waals surface area contributed by atoms with Crippen LogP contribution in [0, 0.1) is 0 Å². The molecule has 0 saturated heterocycles. The summed E-state index contributed by atoms with van der Waals surface area (Å²) >= 11 is 0. The average molecular weight is 254 g/mol. The number of ether oxygens (including phenoxy) is 3. The second-order valence-electron chi connectivity index (χ2n) is 3.68. The average Bonchev–Trinajstić information content (AvgIpc) is 2.40. The van der Waals surface area contributed by atoms with E-state index in [2.05, 4.69) is 10.3 Å².